The van der Waals surface area contributed by atoms with Crippen LogP contribution in [0.2, 0.25) is 0 Å². The van der Waals surface area contributed by atoms with Gasteiger partial charge < -0.3 is 115 Å². The topological polar surface area (TPSA) is 395 Å². The number of amides is 2. The lowest BCUT2D eigenvalue weighted by Crippen LogP contribution is -2.67. The van der Waals surface area contributed by atoms with Gasteiger partial charge in [-0.2, -0.15) is 0 Å². The molecule has 4 heterocycles. The van der Waals surface area contributed by atoms with Crippen LogP contribution in [0.4, 0.5) is 0 Å². The van der Waals surface area contributed by atoms with E-state index in [1.807, 2.05) is 6.08 Å². The molecule has 4 fully saturated rings. The first kappa shape index (κ1) is 75.3. The molecule has 22 atom stereocenters. The number of nitrogens with one attached hydrogen (secondary N) is 2. The van der Waals surface area contributed by atoms with Crippen molar-refractivity contribution in [2.24, 2.45) is 0 Å². The summed E-state index contributed by atoms with van der Waals surface area (Å²) in [7, 11) is 0. The van der Waals surface area contributed by atoms with Crippen molar-refractivity contribution in [1.82, 2.24) is 10.6 Å². The van der Waals surface area contributed by atoms with Crippen LogP contribution in [0.15, 0.2) is 12.2 Å². The number of ether oxygens (including phenoxy) is 8. The van der Waals surface area contributed by atoms with Crippen LogP contribution < -0.4 is 10.6 Å². The molecule has 0 aliphatic carbocycles. The van der Waals surface area contributed by atoms with Crippen LogP contribution in [-0.4, -0.2) is 246 Å². The van der Waals surface area contributed by atoms with E-state index in [1.54, 1.807) is 6.08 Å². The number of allylic oxidation sites excluding steroid dienone is 1. The fourth-order valence-electron chi connectivity index (χ4n) is 11.3. The average molecular weight is 1230 g/mol. The van der Waals surface area contributed by atoms with Gasteiger partial charge >= 0.3 is 0 Å². The second-order valence-electron chi connectivity index (χ2n) is 23.6. The SMILES string of the molecule is CCCCCCCCCCCCC/C=C/[C@@H](O)[C@H](CO[C@@H]1OC(CO)[C@@H](O[C@@H]2OC(CO[C@@H]3OC(CO)[C@@H](O)[C@H](O)C3NC(C)=O)[C@H](O)[C@H](O[C@H]3OC(CO)[C@H](O)[C@H](O)C3O)C2O)[C@H](O)C1O)NC(=O)CCCCCCCCCCCCCCC. The van der Waals surface area contributed by atoms with Gasteiger partial charge in [0.1, 0.15) is 97.6 Å². The molecule has 4 rings (SSSR count). The molecule has 0 aromatic heterocycles. The van der Waals surface area contributed by atoms with Gasteiger partial charge in [0.25, 0.3) is 0 Å². The maximum absolute atomic E-state index is 13.4. The minimum absolute atomic E-state index is 0.202. The second-order valence-corrected chi connectivity index (χ2v) is 23.6. The minimum Gasteiger partial charge on any atom is -0.394 e. The number of aliphatic hydroxyl groups excluding tert-OH is 13. The minimum atomic E-state index is -2.13. The van der Waals surface area contributed by atoms with Gasteiger partial charge in [-0.1, -0.05) is 167 Å². The van der Waals surface area contributed by atoms with E-state index in [2.05, 4.69) is 24.5 Å². The zero-order valence-corrected chi connectivity index (χ0v) is 50.7. The summed E-state index contributed by atoms with van der Waals surface area (Å²) in [6, 6.07) is -2.49. The lowest BCUT2D eigenvalue weighted by molar-refractivity contribution is -0.383. The van der Waals surface area contributed by atoms with Gasteiger partial charge in [0.15, 0.2) is 25.2 Å². The van der Waals surface area contributed by atoms with Gasteiger partial charge in [0, 0.05) is 13.3 Å². The van der Waals surface area contributed by atoms with Gasteiger partial charge in [-0.3, -0.25) is 9.59 Å². The van der Waals surface area contributed by atoms with Gasteiger partial charge in [0.2, 0.25) is 11.8 Å². The maximum atomic E-state index is 13.4. The van der Waals surface area contributed by atoms with Crippen molar-refractivity contribution in [2.45, 2.75) is 323 Å². The predicted molar refractivity (Wildman–Crippen MR) is 308 cm³/mol. The normalized spacial score (nSPS) is 34.4. The van der Waals surface area contributed by atoms with E-state index in [1.165, 1.54) is 103 Å². The lowest BCUT2D eigenvalue weighted by Gasteiger charge is -2.48. The van der Waals surface area contributed by atoms with Crippen molar-refractivity contribution < 1.29 is 114 Å². The molecular weight excluding hydrogens is 1120 g/mol. The van der Waals surface area contributed by atoms with Crippen LogP contribution in [0.5, 0.6) is 0 Å². The summed E-state index contributed by atoms with van der Waals surface area (Å²) in [4.78, 5) is 25.5. The highest BCUT2D eigenvalue weighted by Crippen LogP contribution is 2.34. The van der Waals surface area contributed by atoms with Crippen LogP contribution in [0.3, 0.4) is 0 Å². The van der Waals surface area contributed by atoms with Crippen LogP contribution in [-0.2, 0) is 47.5 Å². The van der Waals surface area contributed by atoms with Crippen molar-refractivity contribution in [3.8, 4) is 0 Å². The molecule has 4 saturated heterocycles. The standard InChI is InChI=1S/C60H110N2O23/c1-4-6-8-10-12-14-16-18-20-22-24-26-28-30-39(67)38(62-44(68)31-29-27-25-23-21-19-17-15-13-11-9-7-5-2)35-78-58-53(76)51(74)55(42(34-65)82-58)84-60-54(77)56(85-59-52(75)50(73)47(70)41(33-64)81-59)48(71)43(83-60)36-79-57-45(61-37(3)66)49(72)46(69)40(32-63)80-57/h28,30,38-43,45-60,63-65,67,69-77H,4-27,29,31-36H2,1-3H3,(H,61,66)(H,62,68)/b30-28+/t38-,39+,40?,41?,42?,43?,45?,46+,47-,48-,49+,50-,51+,52?,53?,54?,55+,56-,57+,58+,59+,60-/m0/s1. The Morgan fingerprint density at radius 1 is 0.471 bits per heavy atom. The highest BCUT2D eigenvalue weighted by Gasteiger charge is 2.55. The number of hydrogen-bond acceptors (Lipinski definition) is 23. The van der Waals surface area contributed by atoms with Crippen molar-refractivity contribution in [3.63, 3.8) is 0 Å². The Balaban J connectivity index is 1.44. The van der Waals surface area contributed by atoms with Crippen molar-refractivity contribution in [1.29, 1.82) is 0 Å². The molecule has 0 radical (unpaired) electrons. The third-order valence-electron chi connectivity index (χ3n) is 16.6. The summed E-state index contributed by atoms with van der Waals surface area (Å²) in [5.74, 6) is -0.993. The first-order valence-corrected chi connectivity index (χ1v) is 31.9. The van der Waals surface area contributed by atoms with E-state index in [-0.39, 0.29) is 12.3 Å². The fraction of sp³-hybridized carbons (Fsp3) is 0.933. The molecule has 0 bridgehead atoms. The zero-order chi connectivity index (χ0) is 62.3. The maximum Gasteiger partial charge on any atom is 0.220 e. The molecule has 15 N–H and O–H groups in total. The van der Waals surface area contributed by atoms with E-state index >= 15 is 0 Å². The Labute approximate surface area is 502 Å². The quantitative estimate of drug-likeness (QED) is 0.0299. The van der Waals surface area contributed by atoms with Crippen molar-refractivity contribution in [2.75, 3.05) is 33.0 Å². The van der Waals surface area contributed by atoms with Crippen LogP contribution in [0.25, 0.3) is 0 Å². The number of carbonyl (C=O) groups excluding carboxylic acids is 2. The molecule has 498 valence electrons. The van der Waals surface area contributed by atoms with Gasteiger partial charge in [-0.05, 0) is 19.3 Å². The van der Waals surface area contributed by atoms with Crippen molar-refractivity contribution >= 4 is 11.8 Å². The van der Waals surface area contributed by atoms with Crippen molar-refractivity contribution in [3.05, 3.63) is 12.2 Å². The van der Waals surface area contributed by atoms with E-state index in [9.17, 15) is 76.0 Å². The van der Waals surface area contributed by atoms with Gasteiger partial charge in [-0.25, -0.2) is 0 Å². The Kier molecular flexibility index (Phi) is 37.2. The number of aliphatic hydroxyl groups is 13. The third kappa shape index (κ3) is 25.2. The smallest absolute Gasteiger partial charge is 0.220 e. The summed E-state index contributed by atoms with van der Waals surface area (Å²) >= 11 is 0. The highest BCUT2D eigenvalue weighted by molar-refractivity contribution is 5.76. The van der Waals surface area contributed by atoms with Gasteiger partial charge in [0.05, 0.1) is 45.2 Å². The molecule has 0 aromatic carbocycles. The average Bonchev–Trinajstić information content (AvgIpc) is 2.52. The first-order valence-electron chi connectivity index (χ1n) is 31.9. The summed E-state index contributed by atoms with van der Waals surface area (Å²) in [6.07, 6.45) is -3.33. The molecule has 25 nitrogen and oxygen atoms in total. The molecule has 0 saturated carbocycles. The number of hydrogen-bond donors (Lipinski definition) is 15. The number of carbonyl (C=O) groups is 2. The first-order chi connectivity index (χ1) is 40.9. The van der Waals surface area contributed by atoms with Gasteiger partial charge in [-0.15, -0.1) is 0 Å². The highest BCUT2D eigenvalue weighted by atomic mass is 16.8. The predicted octanol–water partition coefficient (Wildman–Crippen LogP) is 1.00. The third-order valence-corrected chi connectivity index (χ3v) is 16.6. The monoisotopic (exact) mass is 1230 g/mol. The van der Waals surface area contributed by atoms with Crippen LogP contribution in [0, 0.1) is 0 Å². The van der Waals surface area contributed by atoms with E-state index in [4.69, 9.17) is 37.9 Å². The number of unbranched alkanes of at least 4 members (excludes halogenated alkanes) is 23. The largest absolute Gasteiger partial charge is 0.394 e. The molecule has 0 spiro atoms. The summed E-state index contributed by atoms with van der Waals surface area (Å²) in [5.41, 5.74) is 0. The molecule has 4 aliphatic heterocycles. The second kappa shape index (κ2) is 42.0. The Bertz CT molecular complexity index is 1790. The Hall–Kier alpha value is -2.16. The summed E-state index contributed by atoms with van der Waals surface area (Å²) in [6.45, 7) is 1.80. The van der Waals surface area contributed by atoms with E-state index < -0.39 is 174 Å². The molecule has 0 aromatic rings. The Morgan fingerprint density at radius 2 is 0.918 bits per heavy atom. The van der Waals surface area contributed by atoms with Crippen LogP contribution in [0.1, 0.15) is 188 Å². The van der Waals surface area contributed by atoms with E-state index in [0.29, 0.717) is 12.8 Å². The molecule has 2 amide bonds. The molecule has 4 aliphatic rings. The summed E-state index contributed by atoms with van der Waals surface area (Å²) in [5, 5.41) is 147. The summed E-state index contributed by atoms with van der Waals surface area (Å²) < 4.78 is 46.7. The molecule has 85 heavy (non-hydrogen) atoms. The molecule has 25 heteroatoms. The van der Waals surface area contributed by atoms with Crippen LogP contribution >= 0.6 is 0 Å². The molecular formula is C60H110N2O23. The van der Waals surface area contributed by atoms with E-state index in [0.717, 1.165) is 51.9 Å². The lowest BCUT2D eigenvalue weighted by atomic mass is 9.95. The Morgan fingerprint density at radius 3 is 1.45 bits per heavy atom. The fourth-order valence-corrected chi connectivity index (χ4v) is 11.3. The number of rotatable bonds is 43. The zero-order valence-electron chi connectivity index (χ0n) is 50.7. The molecule has 8 unspecified atom stereocenters.